The summed E-state index contributed by atoms with van der Waals surface area (Å²) in [5.74, 6) is 0.681. The van der Waals surface area contributed by atoms with Crippen molar-refractivity contribution in [1.82, 2.24) is 9.80 Å². The highest BCUT2D eigenvalue weighted by atomic mass is 32.1. The number of hydrogen-bond donors (Lipinski definition) is 0. The molecule has 2 saturated heterocycles. The van der Waals surface area contributed by atoms with Gasteiger partial charge in [-0.05, 0) is 63.0 Å². The summed E-state index contributed by atoms with van der Waals surface area (Å²) in [6.45, 7) is 3.67. The molecule has 4 nitrogen and oxygen atoms in total. The first kappa shape index (κ1) is 18.0. The largest absolute Gasteiger partial charge is 0.342 e. The highest BCUT2D eigenvalue weighted by molar-refractivity contribution is 7.14. The van der Waals surface area contributed by atoms with Crippen LogP contribution in [0, 0.1) is 5.92 Å². The highest BCUT2D eigenvalue weighted by Crippen LogP contribution is 2.34. The highest BCUT2D eigenvalue weighted by Gasteiger charge is 2.31. The molecular weight excluding hydrogens is 344 g/mol. The summed E-state index contributed by atoms with van der Waals surface area (Å²) < 4.78 is 0. The van der Waals surface area contributed by atoms with Crippen molar-refractivity contribution >= 4 is 23.2 Å². The summed E-state index contributed by atoms with van der Waals surface area (Å²) >= 11 is 1.67. The molecule has 0 radical (unpaired) electrons. The molecule has 0 bridgehead atoms. The van der Waals surface area contributed by atoms with Crippen molar-refractivity contribution in [3.63, 3.8) is 0 Å². The Balaban J connectivity index is 1.42. The number of aryl methyl sites for hydroxylation is 1. The minimum absolute atomic E-state index is 0.119. The Morgan fingerprint density at radius 2 is 1.50 bits per heavy atom. The first-order valence-electron chi connectivity index (χ1n) is 10.4. The van der Waals surface area contributed by atoms with Crippen LogP contribution < -0.4 is 0 Å². The molecule has 4 rings (SSSR count). The first-order chi connectivity index (χ1) is 12.7. The van der Waals surface area contributed by atoms with Gasteiger partial charge in [0.15, 0.2) is 0 Å². The lowest BCUT2D eigenvalue weighted by Crippen LogP contribution is -2.38. The molecule has 0 N–H and O–H groups in total. The minimum atomic E-state index is 0.119. The SMILES string of the molecule is O=C(c1cc2c(s1)CCC(C(=O)N1CCCCCC1)C2)N1CCCCC1. The Hall–Kier alpha value is -1.36. The van der Waals surface area contributed by atoms with Gasteiger partial charge in [0.05, 0.1) is 4.88 Å². The van der Waals surface area contributed by atoms with E-state index in [0.29, 0.717) is 5.91 Å². The number of carbonyl (C=O) groups is 2. The molecule has 1 aromatic rings. The number of amides is 2. The number of likely N-dealkylation sites (tertiary alicyclic amines) is 2. The van der Waals surface area contributed by atoms with Crippen LogP contribution in [-0.2, 0) is 17.6 Å². The maximum absolute atomic E-state index is 13.0. The third-order valence-corrected chi connectivity index (χ3v) is 7.43. The average molecular weight is 375 g/mol. The second-order valence-corrected chi connectivity index (χ2v) is 9.23. The van der Waals surface area contributed by atoms with E-state index in [2.05, 4.69) is 11.0 Å². The van der Waals surface area contributed by atoms with Gasteiger partial charge < -0.3 is 9.80 Å². The standard InChI is InChI=1S/C21H30N2O2S/c24-20(22-10-4-1-2-5-11-22)16-8-9-18-17(14-16)15-19(26-18)21(25)23-12-6-3-7-13-23/h15-16H,1-14H2. The summed E-state index contributed by atoms with van der Waals surface area (Å²) in [7, 11) is 0. The van der Waals surface area contributed by atoms with Gasteiger partial charge in [0.1, 0.15) is 0 Å². The van der Waals surface area contributed by atoms with Crippen LogP contribution in [-0.4, -0.2) is 47.8 Å². The fourth-order valence-electron chi connectivity index (χ4n) is 4.64. The van der Waals surface area contributed by atoms with E-state index < -0.39 is 0 Å². The maximum atomic E-state index is 13.0. The summed E-state index contributed by atoms with van der Waals surface area (Å²) in [4.78, 5) is 32.1. The van der Waals surface area contributed by atoms with Gasteiger partial charge in [0.2, 0.25) is 5.91 Å². The molecule has 1 aliphatic carbocycles. The summed E-state index contributed by atoms with van der Waals surface area (Å²) in [6.07, 6.45) is 11.0. The van der Waals surface area contributed by atoms with E-state index >= 15 is 0 Å². The Kier molecular flexibility index (Phi) is 5.63. The molecule has 142 valence electrons. The maximum Gasteiger partial charge on any atom is 0.263 e. The van der Waals surface area contributed by atoms with Gasteiger partial charge in [0, 0.05) is 37.0 Å². The Morgan fingerprint density at radius 1 is 0.885 bits per heavy atom. The lowest BCUT2D eigenvalue weighted by molar-refractivity contribution is -0.135. The molecule has 1 unspecified atom stereocenters. The van der Waals surface area contributed by atoms with Gasteiger partial charge in [-0.1, -0.05) is 12.8 Å². The lowest BCUT2D eigenvalue weighted by atomic mass is 9.87. The van der Waals surface area contributed by atoms with E-state index in [4.69, 9.17) is 0 Å². The van der Waals surface area contributed by atoms with Crippen molar-refractivity contribution in [3.8, 4) is 0 Å². The third kappa shape index (κ3) is 3.83. The normalized spacial score (nSPS) is 24.1. The topological polar surface area (TPSA) is 40.6 Å². The molecule has 2 amide bonds. The van der Waals surface area contributed by atoms with Gasteiger partial charge in [-0.2, -0.15) is 0 Å². The van der Waals surface area contributed by atoms with E-state index in [1.54, 1.807) is 11.3 Å². The van der Waals surface area contributed by atoms with Crippen LogP contribution >= 0.6 is 11.3 Å². The van der Waals surface area contributed by atoms with Crippen LogP contribution in [0.4, 0.5) is 0 Å². The molecule has 1 atom stereocenters. The van der Waals surface area contributed by atoms with Crippen LogP contribution in [0.2, 0.25) is 0 Å². The van der Waals surface area contributed by atoms with Crippen molar-refractivity contribution in [3.05, 3.63) is 21.4 Å². The van der Waals surface area contributed by atoms with Gasteiger partial charge in [-0.15, -0.1) is 11.3 Å². The van der Waals surface area contributed by atoms with E-state index in [0.717, 1.165) is 76.0 Å². The smallest absolute Gasteiger partial charge is 0.263 e. The quantitative estimate of drug-likeness (QED) is 0.788. The van der Waals surface area contributed by atoms with Gasteiger partial charge >= 0.3 is 0 Å². The Morgan fingerprint density at radius 3 is 2.19 bits per heavy atom. The Labute approximate surface area is 160 Å². The van der Waals surface area contributed by atoms with Crippen LogP contribution in [0.3, 0.4) is 0 Å². The zero-order chi connectivity index (χ0) is 17.9. The fraction of sp³-hybridized carbons (Fsp3) is 0.714. The summed E-state index contributed by atoms with van der Waals surface area (Å²) in [6, 6.07) is 2.10. The Bertz CT molecular complexity index is 655. The molecule has 26 heavy (non-hydrogen) atoms. The number of fused-ring (bicyclic) bond motifs is 1. The number of thiophene rings is 1. The fourth-order valence-corrected chi connectivity index (χ4v) is 5.82. The van der Waals surface area contributed by atoms with E-state index in [9.17, 15) is 9.59 Å². The summed E-state index contributed by atoms with van der Waals surface area (Å²) in [5, 5.41) is 0. The second kappa shape index (κ2) is 8.12. The molecule has 3 heterocycles. The van der Waals surface area contributed by atoms with E-state index in [1.807, 2.05) is 4.90 Å². The summed E-state index contributed by atoms with van der Waals surface area (Å²) in [5.41, 5.74) is 1.26. The van der Waals surface area contributed by atoms with Crippen molar-refractivity contribution in [2.45, 2.75) is 64.2 Å². The van der Waals surface area contributed by atoms with Crippen molar-refractivity contribution in [2.24, 2.45) is 5.92 Å². The van der Waals surface area contributed by atoms with Gasteiger partial charge in [-0.3, -0.25) is 9.59 Å². The number of piperidine rings is 1. The van der Waals surface area contributed by atoms with Crippen LogP contribution in [0.5, 0.6) is 0 Å². The van der Waals surface area contributed by atoms with E-state index in [-0.39, 0.29) is 11.8 Å². The lowest BCUT2D eigenvalue weighted by Gasteiger charge is -2.28. The zero-order valence-corrected chi connectivity index (χ0v) is 16.5. The van der Waals surface area contributed by atoms with E-state index in [1.165, 1.54) is 29.7 Å². The number of hydrogen-bond acceptors (Lipinski definition) is 3. The van der Waals surface area contributed by atoms with Crippen molar-refractivity contribution < 1.29 is 9.59 Å². The number of nitrogens with zero attached hydrogens (tertiary/aromatic N) is 2. The molecule has 3 aliphatic rings. The molecule has 5 heteroatoms. The average Bonchev–Trinajstić information content (AvgIpc) is 2.92. The van der Waals surface area contributed by atoms with Gasteiger partial charge in [-0.25, -0.2) is 0 Å². The van der Waals surface area contributed by atoms with Gasteiger partial charge in [0.25, 0.3) is 5.91 Å². The molecule has 0 saturated carbocycles. The minimum Gasteiger partial charge on any atom is -0.342 e. The van der Waals surface area contributed by atoms with Crippen LogP contribution in [0.1, 0.15) is 71.5 Å². The van der Waals surface area contributed by atoms with Crippen molar-refractivity contribution in [1.29, 1.82) is 0 Å². The molecule has 0 spiro atoms. The van der Waals surface area contributed by atoms with Crippen molar-refractivity contribution in [2.75, 3.05) is 26.2 Å². The predicted octanol–water partition coefficient (Wildman–Crippen LogP) is 3.88. The predicted molar refractivity (Wildman–Crippen MR) is 105 cm³/mol. The molecule has 1 aromatic heterocycles. The molecular formula is C21H30N2O2S. The van der Waals surface area contributed by atoms with Crippen LogP contribution in [0.25, 0.3) is 0 Å². The second-order valence-electron chi connectivity index (χ2n) is 8.09. The first-order valence-corrected chi connectivity index (χ1v) is 11.2. The van der Waals surface area contributed by atoms with Crippen LogP contribution in [0.15, 0.2) is 6.07 Å². The molecule has 0 aromatic carbocycles. The molecule has 2 fully saturated rings. The number of rotatable bonds is 2. The zero-order valence-electron chi connectivity index (χ0n) is 15.7. The number of carbonyl (C=O) groups excluding carboxylic acids is 2. The third-order valence-electron chi connectivity index (χ3n) is 6.20. The molecule has 2 aliphatic heterocycles. The monoisotopic (exact) mass is 374 g/mol.